The number of benzene rings is 1. The van der Waals surface area contributed by atoms with Gasteiger partial charge in [0.15, 0.2) is 15.6 Å². The van der Waals surface area contributed by atoms with Gasteiger partial charge in [0.2, 0.25) is 0 Å². The molecule has 0 spiro atoms. The van der Waals surface area contributed by atoms with Gasteiger partial charge < -0.3 is 0 Å². The topological polar surface area (TPSA) is 99.7 Å². The summed E-state index contributed by atoms with van der Waals surface area (Å²) >= 11 is 0. The van der Waals surface area contributed by atoms with E-state index in [1.54, 1.807) is 37.0 Å². The van der Waals surface area contributed by atoms with Crippen molar-refractivity contribution in [1.29, 1.82) is 0 Å². The highest BCUT2D eigenvalue weighted by molar-refractivity contribution is 7.92. The van der Waals surface area contributed by atoms with Crippen molar-refractivity contribution in [2.45, 2.75) is 48.9 Å². The molecule has 13 heteroatoms. The minimum absolute atomic E-state index is 0.0835. The third kappa shape index (κ3) is 4.98. The summed E-state index contributed by atoms with van der Waals surface area (Å²) in [5, 5.41) is 7.63. The fourth-order valence-electron chi connectivity index (χ4n) is 6.29. The maximum absolute atomic E-state index is 14.3. The van der Waals surface area contributed by atoms with Crippen LogP contribution < -0.4 is 0 Å². The SMILES string of the molecule is C[C@H]([C@H]1CCC2=Cc3c(cnn3-c3ccc(F)cc3)C[C@]2(C(=O)c2ccc(C(F)(F)F)cn2)C1)S(=O)(=O)c1cnn(C)c1. The van der Waals surface area contributed by atoms with Crippen LogP contribution in [-0.4, -0.2) is 44.0 Å². The van der Waals surface area contributed by atoms with E-state index in [1.807, 2.05) is 6.08 Å². The van der Waals surface area contributed by atoms with Gasteiger partial charge in [-0.2, -0.15) is 23.4 Å². The Kier molecular flexibility index (Phi) is 6.90. The fraction of sp³-hybridized carbons (Fsp3) is 0.333. The van der Waals surface area contributed by atoms with Gasteiger partial charge in [-0.25, -0.2) is 17.5 Å². The molecular formula is C30H27F4N5O3S. The van der Waals surface area contributed by atoms with Gasteiger partial charge in [-0.3, -0.25) is 14.5 Å². The molecular weight excluding hydrogens is 586 g/mol. The van der Waals surface area contributed by atoms with Crippen LogP contribution in [0.15, 0.2) is 71.7 Å². The lowest BCUT2D eigenvalue weighted by molar-refractivity contribution is -0.137. The Labute approximate surface area is 245 Å². The minimum atomic E-state index is -4.61. The summed E-state index contributed by atoms with van der Waals surface area (Å²) in [6.07, 6.45) is 3.40. The Hall–Kier alpha value is -4.13. The van der Waals surface area contributed by atoms with Gasteiger partial charge in [0.1, 0.15) is 16.4 Å². The second-order valence-corrected chi connectivity index (χ2v) is 13.5. The molecule has 0 unspecified atom stereocenters. The number of carbonyl (C=O) groups excluding carboxylic acids is 1. The van der Waals surface area contributed by atoms with Crippen LogP contribution in [0.2, 0.25) is 0 Å². The molecule has 2 aliphatic carbocycles. The van der Waals surface area contributed by atoms with Crippen LogP contribution in [0.25, 0.3) is 11.8 Å². The summed E-state index contributed by atoms with van der Waals surface area (Å²) in [4.78, 5) is 18.3. The number of hydrogen-bond acceptors (Lipinski definition) is 6. The predicted molar refractivity (Wildman–Crippen MR) is 148 cm³/mol. The lowest BCUT2D eigenvalue weighted by Crippen LogP contribution is -2.45. The average molecular weight is 614 g/mol. The Morgan fingerprint density at radius 3 is 2.44 bits per heavy atom. The van der Waals surface area contributed by atoms with Crippen LogP contribution in [-0.2, 0) is 29.5 Å². The lowest BCUT2D eigenvalue weighted by atomic mass is 9.58. The lowest BCUT2D eigenvalue weighted by Gasteiger charge is -2.45. The molecule has 224 valence electrons. The smallest absolute Gasteiger partial charge is 0.291 e. The summed E-state index contributed by atoms with van der Waals surface area (Å²) in [6.45, 7) is 1.62. The van der Waals surface area contributed by atoms with Crippen molar-refractivity contribution in [1.82, 2.24) is 24.5 Å². The molecule has 0 aliphatic heterocycles. The monoisotopic (exact) mass is 613 g/mol. The largest absolute Gasteiger partial charge is 0.417 e. The molecule has 0 amide bonds. The summed E-state index contributed by atoms with van der Waals surface area (Å²) in [7, 11) is -2.17. The maximum Gasteiger partial charge on any atom is 0.417 e. The molecule has 3 aromatic heterocycles. The van der Waals surface area contributed by atoms with Crippen molar-refractivity contribution in [3.8, 4) is 5.69 Å². The summed E-state index contributed by atoms with van der Waals surface area (Å²) in [6, 6.07) is 7.72. The molecule has 4 aromatic rings. The zero-order valence-electron chi connectivity index (χ0n) is 23.2. The number of nitrogens with zero attached hydrogens (tertiary/aromatic N) is 5. The summed E-state index contributed by atoms with van der Waals surface area (Å²) in [5.41, 5.74) is 0.429. The second kappa shape index (κ2) is 10.2. The number of rotatable bonds is 6. The van der Waals surface area contributed by atoms with Crippen LogP contribution >= 0.6 is 0 Å². The zero-order valence-corrected chi connectivity index (χ0v) is 24.0. The number of carbonyl (C=O) groups is 1. The third-order valence-electron chi connectivity index (χ3n) is 8.69. The Bertz CT molecular complexity index is 1840. The number of sulfone groups is 1. The zero-order chi connectivity index (χ0) is 30.7. The second-order valence-electron chi connectivity index (χ2n) is 11.2. The van der Waals surface area contributed by atoms with Gasteiger partial charge in [-0.15, -0.1) is 0 Å². The predicted octanol–water partition coefficient (Wildman–Crippen LogP) is 5.63. The molecule has 8 nitrogen and oxygen atoms in total. The number of halogens is 4. The number of alkyl halides is 3. The highest BCUT2D eigenvalue weighted by Crippen LogP contribution is 2.53. The van der Waals surface area contributed by atoms with Gasteiger partial charge in [0.25, 0.3) is 0 Å². The average Bonchev–Trinajstić information content (AvgIpc) is 3.61. The van der Waals surface area contributed by atoms with E-state index in [9.17, 15) is 30.8 Å². The fourth-order valence-corrected chi connectivity index (χ4v) is 7.95. The van der Waals surface area contributed by atoms with Crippen LogP contribution in [0.4, 0.5) is 17.6 Å². The number of fused-ring (bicyclic) bond motifs is 2. The highest BCUT2D eigenvalue weighted by atomic mass is 32.2. The first kappa shape index (κ1) is 29.0. The molecule has 0 radical (unpaired) electrons. The van der Waals surface area contributed by atoms with Crippen LogP contribution in [0.1, 0.15) is 53.5 Å². The minimum Gasteiger partial charge on any atom is -0.291 e. The highest BCUT2D eigenvalue weighted by Gasteiger charge is 2.51. The molecule has 1 saturated carbocycles. The first-order valence-electron chi connectivity index (χ1n) is 13.6. The maximum atomic E-state index is 14.3. The number of Topliss-reactive ketones (excluding diaryl/α,β-unsaturated/α-hetero) is 1. The standard InChI is InChI=1S/C30H27F4N5O3S/c1-18(43(41,42)25-16-36-38(2)17-25)19-3-4-21-11-27-20(14-37-39(27)24-8-6-23(31)7-9-24)13-29(21,12-19)28(40)26-10-5-22(15-35-26)30(32,33)34/h5-11,14-19H,3-4,12-13H2,1-2H3/t18-,19+,29-/m1/s1. The van der Waals surface area contributed by atoms with E-state index in [1.165, 1.54) is 29.2 Å². The molecule has 0 N–H and O–H groups in total. The summed E-state index contributed by atoms with van der Waals surface area (Å²) in [5.74, 6) is -1.30. The number of ketones is 1. The van der Waals surface area contributed by atoms with E-state index in [4.69, 9.17) is 0 Å². The molecule has 1 fully saturated rings. The molecule has 2 aliphatic rings. The molecule has 0 saturated heterocycles. The first-order chi connectivity index (χ1) is 20.3. The number of aryl methyl sites for hydroxylation is 1. The van der Waals surface area contributed by atoms with Crippen LogP contribution in [0, 0.1) is 17.2 Å². The van der Waals surface area contributed by atoms with Gasteiger partial charge in [-0.05, 0) is 86.6 Å². The van der Waals surface area contributed by atoms with Crippen molar-refractivity contribution in [3.63, 3.8) is 0 Å². The van der Waals surface area contributed by atoms with E-state index in [-0.39, 0.29) is 23.4 Å². The van der Waals surface area contributed by atoms with Gasteiger partial charge in [-0.1, -0.05) is 5.57 Å². The number of pyridine rings is 1. The van der Waals surface area contributed by atoms with Gasteiger partial charge in [0.05, 0.1) is 40.0 Å². The van der Waals surface area contributed by atoms with Gasteiger partial charge in [0, 0.05) is 19.4 Å². The van der Waals surface area contributed by atoms with Crippen molar-refractivity contribution >= 4 is 21.7 Å². The van der Waals surface area contributed by atoms with Crippen molar-refractivity contribution in [2.75, 3.05) is 0 Å². The normalized spacial score (nSPS) is 21.1. The third-order valence-corrected chi connectivity index (χ3v) is 10.9. The molecule has 43 heavy (non-hydrogen) atoms. The van der Waals surface area contributed by atoms with E-state index in [0.29, 0.717) is 36.0 Å². The quantitative estimate of drug-likeness (QED) is 0.207. The van der Waals surface area contributed by atoms with Gasteiger partial charge >= 0.3 is 6.18 Å². The summed E-state index contributed by atoms with van der Waals surface area (Å²) < 4.78 is 83.5. The first-order valence-corrected chi connectivity index (χ1v) is 15.2. The van der Waals surface area contributed by atoms with Crippen molar-refractivity contribution < 1.29 is 30.8 Å². The number of allylic oxidation sites excluding steroid dienone is 1. The molecule has 0 bridgehead atoms. The Morgan fingerprint density at radius 1 is 1.07 bits per heavy atom. The van der Waals surface area contributed by atoms with E-state index in [2.05, 4.69) is 15.2 Å². The number of aromatic nitrogens is 5. The van der Waals surface area contributed by atoms with Crippen LogP contribution in [0.5, 0.6) is 0 Å². The number of hydrogen-bond donors (Lipinski definition) is 0. The Morgan fingerprint density at radius 2 is 1.81 bits per heavy atom. The molecule has 6 rings (SSSR count). The Balaban J connectivity index is 1.42. The van der Waals surface area contributed by atoms with E-state index >= 15 is 0 Å². The molecule has 3 atom stereocenters. The molecule has 1 aromatic carbocycles. The van der Waals surface area contributed by atoms with Crippen molar-refractivity contribution in [2.24, 2.45) is 18.4 Å². The van der Waals surface area contributed by atoms with Crippen LogP contribution in [0.3, 0.4) is 0 Å². The molecule has 3 heterocycles. The van der Waals surface area contributed by atoms with E-state index < -0.39 is 49.8 Å². The van der Waals surface area contributed by atoms with E-state index in [0.717, 1.165) is 17.7 Å². The van der Waals surface area contributed by atoms with Crippen molar-refractivity contribution in [3.05, 3.63) is 95.1 Å².